The van der Waals surface area contributed by atoms with Crippen LogP contribution in [0.1, 0.15) is 10.4 Å². The molecule has 0 saturated heterocycles. The highest BCUT2D eigenvalue weighted by molar-refractivity contribution is 6.04. The third-order valence-electron chi connectivity index (χ3n) is 4.36. The highest BCUT2D eigenvalue weighted by Crippen LogP contribution is 2.31. The van der Waals surface area contributed by atoms with Crippen LogP contribution in [0.3, 0.4) is 0 Å². The van der Waals surface area contributed by atoms with Crippen molar-refractivity contribution in [3.05, 3.63) is 97.0 Å². The highest BCUT2D eigenvalue weighted by Gasteiger charge is 2.31. The summed E-state index contributed by atoms with van der Waals surface area (Å²) in [5.41, 5.74) is 1.39. The molecular formula is C23H16F3N5O2. The van der Waals surface area contributed by atoms with E-state index in [4.69, 9.17) is 0 Å². The Morgan fingerprint density at radius 1 is 0.818 bits per heavy atom. The van der Waals surface area contributed by atoms with Gasteiger partial charge in [-0.15, -0.1) is 13.2 Å². The second-order valence-corrected chi connectivity index (χ2v) is 6.65. The van der Waals surface area contributed by atoms with E-state index in [-0.39, 0.29) is 5.56 Å². The van der Waals surface area contributed by atoms with E-state index in [1.54, 1.807) is 59.9 Å². The number of hydrogen-bond acceptors (Lipinski definition) is 6. The number of carbonyl (C=O) groups excluding carboxylic acids is 1. The Morgan fingerprint density at radius 3 is 2.09 bits per heavy atom. The molecule has 33 heavy (non-hydrogen) atoms. The van der Waals surface area contributed by atoms with E-state index in [0.717, 1.165) is 12.1 Å². The smallest absolute Gasteiger partial charge is 0.406 e. The van der Waals surface area contributed by atoms with Gasteiger partial charge in [-0.25, -0.2) is 15.0 Å². The van der Waals surface area contributed by atoms with E-state index in [0.29, 0.717) is 23.1 Å². The molecule has 1 amide bonds. The number of anilines is 4. The molecule has 0 spiro atoms. The first-order chi connectivity index (χ1) is 15.9. The zero-order valence-corrected chi connectivity index (χ0v) is 16.9. The van der Waals surface area contributed by atoms with Gasteiger partial charge in [0.05, 0.1) is 5.69 Å². The molecule has 0 radical (unpaired) electrons. The van der Waals surface area contributed by atoms with Gasteiger partial charge in [-0.2, -0.15) is 0 Å². The maximum atomic E-state index is 12.5. The Hall–Kier alpha value is -4.47. The first-order valence-corrected chi connectivity index (χ1v) is 9.64. The summed E-state index contributed by atoms with van der Waals surface area (Å²) in [6, 6.07) is 18.7. The predicted octanol–water partition coefficient (Wildman–Crippen LogP) is 5.49. The molecule has 0 aliphatic rings. The lowest BCUT2D eigenvalue weighted by Gasteiger charge is -2.21. The summed E-state index contributed by atoms with van der Waals surface area (Å²) < 4.78 is 40.6. The molecule has 0 aliphatic carbocycles. The molecule has 4 aromatic rings. The third kappa shape index (κ3) is 5.62. The van der Waals surface area contributed by atoms with Gasteiger partial charge in [-0.05, 0) is 66.7 Å². The normalized spacial score (nSPS) is 11.0. The molecule has 2 aromatic heterocycles. The van der Waals surface area contributed by atoms with Gasteiger partial charge < -0.3 is 10.1 Å². The van der Waals surface area contributed by atoms with Crippen molar-refractivity contribution in [1.29, 1.82) is 0 Å². The van der Waals surface area contributed by atoms with Crippen LogP contribution in [0.5, 0.6) is 5.75 Å². The van der Waals surface area contributed by atoms with Crippen LogP contribution in [0, 0.1) is 0 Å². The summed E-state index contributed by atoms with van der Waals surface area (Å²) in [4.78, 5) is 27.2. The zero-order chi connectivity index (χ0) is 23.3. The van der Waals surface area contributed by atoms with Crippen LogP contribution in [0.4, 0.5) is 36.3 Å². The van der Waals surface area contributed by atoms with Crippen LogP contribution in [0.25, 0.3) is 0 Å². The Bertz CT molecular complexity index is 1160. The molecule has 0 atom stereocenters. The zero-order valence-electron chi connectivity index (χ0n) is 16.9. The third-order valence-corrected chi connectivity index (χ3v) is 4.36. The lowest BCUT2D eigenvalue weighted by atomic mass is 10.2. The van der Waals surface area contributed by atoms with Crippen molar-refractivity contribution >= 4 is 29.0 Å². The molecule has 0 bridgehead atoms. The maximum absolute atomic E-state index is 12.5. The fourth-order valence-corrected chi connectivity index (χ4v) is 2.95. The highest BCUT2D eigenvalue weighted by atomic mass is 19.4. The number of aromatic nitrogens is 3. The van der Waals surface area contributed by atoms with Crippen LogP contribution in [0.15, 0.2) is 91.4 Å². The van der Waals surface area contributed by atoms with E-state index < -0.39 is 18.0 Å². The molecule has 0 unspecified atom stereocenters. The van der Waals surface area contributed by atoms with Gasteiger partial charge in [0.2, 0.25) is 5.95 Å². The van der Waals surface area contributed by atoms with E-state index in [2.05, 4.69) is 25.0 Å². The molecule has 2 aromatic carbocycles. The molecule has 4 rings (SSSR count). The minimum Gasteiger partial charge on any atom is -0.406 e. The van der Waals surface area contributed by atoms with E-state index in [9.17, 15) is 18.0 Å². The Labute approximate surface area is 186 Å². The topological polar surface area (TPSA) is 80.2 Å². The number of hydrogen-bond donors (Lipinski definition) is 1. The van der Waals surface area contributed by atoms with Crippen LogP contribution in [-0.4, -0.2) is 27.2 Å². The molecule has 10 heteroatoms. The second-order valence-electron chi connectivity index (χ2n) is 6.65. The van der Waals surface area contributed by atoms with E-state index in [1.807, 2.05) is 12.1 Å². The number of benzene rings is 2. The van der Waals surface area contributed by atoms with Crippen molar-refractivity contribution in [2.24, 2.45) is 0 Å². The van der Waals surface area contributed by atoms with Crippen LogP contribution >= 0.6 is 0 Å². The largest absolute Gasteiger partial charge is 0.573 e. The van der Waals surface area contributed by atoms with Gasteiger partial charge in [-0.3, -0.25) is 9.69 Å². The van der Waals surface area contributed by atoms with Gasteiger partial charge in [0.25, 0.3) is 5.91 Å². The van der Waals surface area contributed by atoms with Crippen molar-refractivity contribution in [2.45, 2.75) is 6.36 Å². The number of nitrogens with zero attached hydrogens (tertiary/aromatic N) is 4. The van der Waals surface area contributed by atoms with Crippen molar-refractivity contribution in [2.75, 3.05) is 10.2 Å². The average molecular weight is 451 g/mol. The first kappa shape index (κ1) is 21.8. The summed E-state index contributed by atoms with van der Waals surface area (Å²) >= 11 is 0. The van der Waals surface area contributed by atoms with Crippen LogP contribution in [0.2, 0.25) is 0 Å². The lowest BCUT2D eigenvalue weighted by molar-refractivity contribution is -0.274. The van der Waals surface area contributed by atoms with Crippen molar-refractivity contribution in [3.63, 3.8) is 0 Å². The lowest BCUT2D eigenvalue weighted by Crippen LogP contribution is -2.17. The molecule has 7 nitrogen and oxygen atoms in total. The van der Waals surface area contributed by atoms with Gasteiger partial charge in [-0.1, -0.05) is 6.07 Å². The van der Waals surface area contributed by atoms with Crippen molar-refractivity contribution < 1.29 is 22.7 Å². The molecule has 0 saturated carbocycles. The van der Waals surface area contributed by atoms with Gasteiger partial charge in [0, 0.05) is 29.8 Å². The molecule has 166 valence electrons. The van der Waals surface area contributed by atoms with Crippen LogP contribution in [-0.2, 0) is 0 Å². The number of ether oxygens (including phenoxy) is 1. The summed E-state index contributed by atoms with van der Waals surface area (Å²) in [6.07, 6.45) is 0.111. The summed E-state index contributed by atoms with van der Waals surface area (Å²) in [5.74, 6) is 0.159. The van der Waals surface area contributed by atoms with Crippen LogP contribution < -0.4 is 15.0 Å². The fourth-order valence-electron chi connectivity index (χ4n) is 2.95. The number of rotatable bonds is 6. The number of alkyl halides is 3. The van der Waals surface area contributed by atoms with Gasteiger partial charge in [0.15, 0.2) is 0 Å². The van der Waals surface area contributed by atoms with Gasteiger partial charge in [0.1, 0.15) is 11.6 Å². The number of nitrogens with one attached hydrogen (secondary N) is 1. The number of halogens is 3. The Balaban J connectivity index is 1.51. The summed E-state index contributed by atoms with van der Waals surface area (Å²) in [5, 5.41) is 2.70. The van der Waals surface area contributed by atoms with Gasteiger partial charge >= 0.3 is 6.36 Å². The summed E-state index contributed by atoms with van der Waals surface area (Å²) in [7, 11) is 0. The molecular weight excluding hydrogens is 435 g/mol. The number of carbonyl (C=O) groups is 1. The Morgan fingerprint density at radius 2 is 1.48 bits per heavy atom. The SMILES string of the molecule is O=C(Nc1ccc(N(c2ccccn2)c2ncccn2)cc1)c1ccc(OC(F)(F)F)cc1. The predicted molar refractivity (Wildman–Crippen MR) is 116 cm³/mol. The van der Waals surface area contributed by atoms with E-state index in [1.165, 1.54) is 12.1 Å². The monoisotopic (exact) mass is 451 g/mol. The minimum atomic E-state index is -4.79. The molecule has 1 N–H and O–H groups in total. The van der Waals surface area contributed by atoms with Crippen molar-refractivity contribution in [3.8, 4) is 5.75 Å². The summed E-state index contributed by atoms with van der Waals surface area (Å²) in [6.45, 7) is 0. The first-order valence-electron chi connectivity index (χ1n) is 9.64. The molecule has 2 heterocycles. The average Bonchev–Trinajstić information content (AvgIpc) is 2.81. The Kier molecular flexibility index (Phi) is 6.16. The van der Waals surface area contributed by atoms with E-state index >= 15 is 0 Å². The maximum Gasteiger partial charge on any atom is 0.573 e. The minimum absolute atomic E-state index is 0.182. The molecule has 0 fully saturated rings. The fraction of sp³-hybridized carbons (Fsp3) is 0.0435. The second kappa shape index (κ2) is 9.35. The number of amides is 1. The molecule has 0 aliphatic heterocycles. The number of pyridine rings is 1. The van der Waals surface area contributed by atoms with Crippen molar-refractivity contribution in [1.82, 2.24) is 15.0 Å². The quantitative estimate of drug-likeness (QED) is 0.418. The standard InChI is InChI=1S/C23H16F3N5O2/c24-23(25,26)33-19-11-5-16(6-12-19)21(32)30-17-7-9-18(10-8-17)31(20-4-1-2-13-27-20)22-28-14-3-15-29-22/h1-15H,(H,30,32).